The van der Waals surface area contributed by atoms with Gasteiger partial charge in [-0.2, -0.15) is 0 Å². The average Bonchev–Trinajstić information content (AvgIpc) is 2.67. The molecule has 0 saturated heterocycles. The number of benzene rings is 1. The van der Waals surface area contributed by atoms with Gasteiger partial charge in [0.25, 0.3) is 0 Å². The summed E-state index contributed by atoms with van der Waals surface area (Å²) < 4.78 is 0.836. The number of halogens is 1. The fourth-order valence-electron chi connectivity index (χ4n) is 1.91. The fourth-order valence-corrected chi connectivity index (χ4v) is 3.09. The van der Waals surface area contributed by atoms with Crippen molar-refractivity contribution in [2.45, 2.75) is 25.8 Å². The third-order valence-corrected chi connectivity index (χ3v) is 4.09. The zero-order valence-electron chi connectivity index (χ0n) is 9.82. The van der Waals surface area contributed by atoms with Crippen LogP contribution in [0.5, 0.6) is 0 Å². The molecule has 90 valence electrons. The summed E-state index contributed by atoms with van der Waals surface area (Å²) >= 11 is 7.52. The van der Waals surface area contributed by atoms with Crippen LogP contribution in [-0.2, 0) is 12.8 Å². The van der Waals surface area contributed by atoms with Crippen LogP contribution < -0.4 is 5.73 Å². The van der Waals surface area contributed by atoms with Crippen molar-refractivity contribution in [3.05, 3.63) is 56.7 Å². The molecule has 0 aliphatic heterocycles. The Morgan fingerprint density at radius 1 is 1.18 bits per heavy atom. The van der Waals surface area contributed by atoms with E-state index in [1.54, 1.807) is 11.3 Å². The lowest BCUT2D eigenvalue weighted by Crippen LogP contribution is -2.25. The highest BCUT2D eigenvalue weighted by Crippen LogP contribution is 2.23. The summed E-state index contributed by atoms with van der Waals surface area (Å²) in [7, 11) is 0. The van der Waals surface area contributed by atoms with Crippen LogP contribution in [0.4, 0.5) is 0 Å². The minimum absolute atomic E-state index is 0.158. The molecule has 17 heavy (non-hydrogen) atoms. The van der Waals surface area contributed by atoms with Gasteiger partial charge in [-0.05, 0) is 43.0 Å². The van der Waals surface area contributed by atoms with E-state index in [4.69, 9.17) is 17.3 Å². The van der Waals surface area contributed by atoms with Crippen molar-refractivity contribution in [1.82, 2.24) is 0 Å². The molecule has 1 heterocycles. The lowest BCUT2D eigenvalue weighted by molar-refractivity contribution is 0.668. The van der Waals surface area contributed by atoms with Gasteiger partial charge in [0.05, 0.1) is 4.34 Å². The first kappa shape index (κ1) is 12.6. The molecule has 0 aliphatic rings. The van der Waals surface area contributed by atoms with E-state index >= 15 is 0 Å². The number of hydrogen-bond donors (Lipinski definition) is 1. The molecule has 1 atom stereocenters. The van der Waals surface area contributed by atoms with Crippen LogP contribution in [0.15, 0.2) is 36.4 Å². The predicted octanol–water partition coefficient (Wildman–Crippen LogP) is 3.82. The van der Waals surface area contributed by atoms with Gasteiger partial charge < -0.3 is 5.73 Å². The van der Waals surface area contributed by atoms with Crippen LogP contribution in [-0.4, -0.2) is 6.04 Å². The first-order valence-corrected chi connectivity index (χ1v) is 6.89. The van der Waals surface area contributed by atoms with Crippen molar-refractivity contribution in [3.63, 3.8) is 0 Å². The van der Waals surface area contributed by atoms with Crippen LogP contribution in [0.3, 0.4) is 0 Å². The monoisotopic (exact) mass is 265 g/mol. The lowest BCUT2D eigenvalue weighted by atomic mass is 9.99. The van der Waals surface area contributed by atoms with Crippen molar-refractivity contribution in [1.29, 1.82) is 0 Å². The second-order valence-electron chi connectivity index (χ2n) is 4.30. The summed E-state index contributed by atoms with van der Waals surface area (Å²) in [5, 5.41) is 0. The maximum atomic E-state index is 6.18. The zero-order chi connectivity index (χ0) is 12.3. The van der Waals surface area contributed by atoms with Gasteiger partial charge in [0.2, 0.25) is 0 Å². The number of hydrogen-bond acceptors (Lipinski definition) is 2. The van der Waals surface area contributed by atoms with Crippen molar-refractivity contribution >= 4 is 22.9 Å². The molecule has 1 nitrogen and oxygen atoms in total. The summed E-state index contributed by atoms with van der Waals surface area (Å²) in [6, 6.07) is 12.6. The van der Waals surface area contributed by atoms with E-state index < -0.39 is 0 Å². The molecule has 0 radical (unpaired) electrons. The smallest absolute Gasteiger partial charge is 0.0931 e. The number of aryl methyl sites for hydroxylation is 1. The molecule has 2 aromatic rings. The predicted molar refractivity (Wildman–Crippen MR) is 75.9 cm³/mol. The molecular formula is C14H16ClNS. The average molecular weight is 266 g/mol. The number of nitrogens with two attached hydrogens (primary N) is 1. The van der Waals surface area contributed by atoms with E-state index in [0.717, 1.165) is 17.2 Å². The number of thiophene rings is 1. The van der Waals surface area contributed by atoms with Crippen molar-refractivity contribution < 1.29 is 0 Å². The van der Waals surface area contributed by atoms with Gasteiger partial charge in [0.1, 0.15) is 0 Å². The zero-order valence-corrected chi connectivity index (χ0v) is 11.4. The van der Waals surface area contributed by atoms with E-state index in [0.29, 0.717) is 0 Å². The van der Waals surface area contributed by atoms with Crippen LogP contribution in [0, 0.1) is 6.92 Å². The van der Waals surface area contributed by atoms with Crippen LogP contribution in [0.25, 0.3) is 0 Å². The Hall–Kier alpha value is -0.830. The van der Waals surface area contributed by atoms with Gasteiger partial charge in [-0.15, -0.1) is 11.3 Å². The molecule has 1 aromatic carbocycles. The minimum atomic E-state index is 0.158. The minimum Gasteiger partial charge on any atom is -0.327 e. The Morgan fingerprint density at radius 3 is 2.59 bits per heavy atom. The molecule has 0 saturated carbocycles. The maximum Gasteiger partial charge on any atom is 0.0931 e. The highest BCUT2D eigenvalue weighted by atomic mass is 35.5. The van der Waals surface area contributed by atoms with Gasteiger partial charge in [0.15, 0.2) is 0 Å². The fraction of sp³-hybridized carbons (Fsp3) is 0.286. The highest BCUT2D eigenvalue weighted by molar-refractivity contribution is 7.16. The molecule has 2 rings (SSSR count). The topological polar surface area (TPSA) is 26.0 Å². The SMILES string of the molecule is Cc1ccccc1CC(N)Cc1ccc(Cl)s1. The molecule has 0 spiro atoms. The molecule has 0 fully saturated rings. The molecule has 3 heteroatoms. The Kier molecular flexibility index (Phi) is 4.21. The molecule has 0 amide bonds. The molecule has 2 N–H and O–H groups in total. The van der Waals surface area contributed by atoms with E-state index in [1.807, 2.05) is 6.07 Å². The van der Waals surface area contributed by atoms with Crippen molar-refractivity contribution in [2.24, 2.45) is 5.73 Å². The third kappa shape index (κ3) is 3.56. The van der Waals surface area contributed by atoms with Crippen molar-refractivity contribution in [2.75, 3.05) is 0 Å². The van der Waals surface area contributed by atoms with Crippen LogP contribution in [0.1, 0.15) is 16.0 Å². The van der Waals surface area contributed by atoms with Gasteiger partial charge in [-0.1, -0.05) is 35.9 Å². The van der Waals surface area contributed by atoms with Gasteiger partial charge in [-0.25, -0.2) is 0 Å². The summed E-state index contributed by atoms with van der Waals surface area (Å²) in [6.07, 6.45) is 1.81. The summed E-state index contributed by atoms with van der Waals surface area (Å²) in [5.41, 5.74) is 8.83. The first-order chi connectivity index (χ1) is 8.15. The Labute approximate surface area is 111 Å². The Morgan fingerprint density at radius 2 is 1.94 bits per heavy atom. The largest absolute Gasteiger partial charge is 0.327 e. The van der Waals surface area contributed by atoms with Gasteiger partial charge in [0, 0.05) is 10.9 Å². The van der Waals surface area contributed by atoms with E-state index in [9.17, 15) is 0 Å². The molecule has 1 unspecified atom stereocenters. The summed E-state index contributed by atoms with van der Waals surface area (Å²) in [5.74, 6) is 0. The molecular weight excluding hydrogens is 250 g/mol. The molecule has 0 aliphatic carbocycles. The van der Waals surface area contributed by atoms with Gasteiger partial charge >= 0.3 is 0 Å². The standard InChI is InChI=1S/C14H16ClNS/c1-10-4-2-3-5-11(10)8-12(16)9-13-6-7-14(15)17-13/h2-7,12H,8-9,16H2,1H3. The van der Waals surface area contributed by atoms with Crippen LogP contribution in [0.2, 0.25) is 4.34 Å². The number of rotatable bonds is 4. The summed E-state index contributed by atoms with van der Waals surface area (Å²) in [6.45, 7) is 2.13. The lowest BCUT2D eigenvalue weighted by Gasteiger charge is -2.12. The molecule has 0 bridgehead atoms. The van der Waals surface area contributed by atoms with Gasteiger partial charge in [-0.3, -0.25) is 0 Å². The van der Waals surface area contributed by atoms with Crippen LogP contribution >= 0.6 is 22.9 Å². The second kappa shape index (κ2) is 5.67. The molecule has 1 aromatic heterocycles. The van der Waals surface area contributed by atoms with E-state index in [1.165, 1.54) is 16.0 Å². The van der Waals surface area contributed by atoms with Crippen molar-refractivity contribution in [3.8, 4) is 0 Å². The summed E-state index contributed by atoms with van der Waals surface area (Å²) in [4.78, 5) is 1.26. The highest BCUT2D eigenvalue weighted by Gasteiger charge is 2.08. The first-order valence-electron chi connectivity index (χ1n) is 5.69. The second-order valence-corrected chi connectivity index (χ2v) is 6.10. The Balaban J connectivity index is 1.98. The quantitative estimate of drug-likeness (QED) is 0.894. The normalized spacial score (nSPS) is 12.6. The maximum absolute atomic E-state index is 6.18. The Bertz CT molecular complexity index is 492. The van der Waals surface area contributed by atoms with E-state index in [2.05, 4.69) is 37.3 Å². The third-order valence-electron chi connectivity index (χ3n) is 2.84. The van der Waals surface area contributed by atoms with E-state index in [-0.39, 0.29) is 6.04 Å².